The van der Waals surface area contributed by atoms with E-state index < -0.39 is 0 Å². The average molecular weight is 363 g/mol. The fourth-order valence-electron chi connectivity index (χ4n) is 2.27. The number of ether oxygens (including phenoxy) is 1. The van der Waals surface area contributed by atoms with Crippen LogP contribution in [0.5, 0.6) is 11.5 Å². The van der Waals surface area contributed by atoms with E-state index >= 15 is 0 Å². The summed E-state index contributed by atoms with van der Waals surface area (Å²) in [6, 6.07) is 18.1. The quantitative estimate of drug-likeness (QED) is 0.549. The Kier molecular flexibility index (Phi) is 4.44. The van der Waals surface area contributed by atoms with Gasteiger partial charge in [0.25, 0.3) is 11.8 Å². The molecule has 4 rings (SSSR count). The zero-order valence-corrected chi connectivity index (χ0v) is 14.3. The Balaban J connectivity index is 1.47. The van der Waals surface area contributed by atoms with Gasteiger partial charge in [-0.05, 0) is 41.8 Å². The Bertz CT molecular complexity index is 1010. The maximum atomic E-state index is 12.4. The maximum absolute atomic E-state index is 12.4. The summed E-state index contributed by atoms with van der Waals surface area (Å²) in [4.78, 5) is 12.4. The molecular weight excluding hydrogens is 350 g/mol. The number of carbonyl (C=O) groups is 1. The fraction of sp³-hybridized carbons (Fsp3) is 0. The minimum atomic E-state index is -0.357. The van der Waals surface area contributed by atoms with Crippen molar-refractivity contribution in [3.63, 3.8) is 0 Å². The standard InChI is InChI=1S/C19H13N3O3S/c23-17(20-19-22-21-18(25-19)14-9-10-26-12-14)13-5-4-8-16(11-13)24-15-6-2-1-3-7-15/h1-12H,(H,20,22,23). The molecule has 7 heteroatoms. The van der Waals surface area contributed by atoms with Gasteiger partial charge in [-0.15, -0.1) is 5.10 Å². The van der Waals surface area contributed by atoms with Crippen LogP contribution in [0.25, 0.3) is 11.5 Å². The summed E-state index contributed by atoms with van der Waals surface area (Å²) in [6.07, 6.45) is 0. The highest BCUT2D eigenvalue weighted by Crippen LogP contribution is 2.24. The molecule has 4 aromatic rings. The number of thiophene rings is 1. The molecule has 0 bridgehead atoms. The number of amides is 1. The zero-order valence-electron chi connectivity index (χ0n) is 13.5. The molecule has 128 valence electrons. The second-order valence-electron chi connectivity index (χ2n) is 5.32. The molecular formula is C19H13N3O3S. The van der Waals surface area contributed by atoms with Gasteiger partial charge < -0.3 is 9.15 Å². The molecule has 0 aliphatic heterocycles. The van der Waals surface area contributed by atoms with Gasteiger partial charge in [-0.3, -0.25) is 10.1 Å². The predicted octanol–water partition coefficient (Wildman–Crippen LogP) is 4.84. The number of anilines is 1. The van der Waals surface area contributed by atoms with Crippen LogP contribution in [-0.2, 0) is 0 Å². The van der Waals surface area contributed by atoms with E-state index in [2.05, 4.69) is 15.5 Å². The van der Waals surface area contributed by atoms with E-state index in [1.54, 1.807) is 24.3 Å². The lowest BCUT2D eigenvalue weighted by Gasteiger charge is -2.07. The molecule has 0 aliphatic carbocycles. The topological polar surface area (TPSA) is 77.3 Å². The molecule has 1 N–H and O–H groups in total. The molecule has 0 saturated carbocycles. The molecule has 26 heavy (non-hydrogen) atoms. The van der Waals surface area contributed by atoms with Crippen LogP contribution in [0.15, 0.2) is 75.8 Å². The number of rotatable bonds is 5. The smallest absolute Gasteiger partial charge is 0.322 e. The second-order valence-corrected chi connectivity index (χ2v) is 6.10. The number of para-hydroxylation sites is 1. The molecule has 0 atom stereocenters. The Labute approximate surface area is 153 Å². The van der Waals surface area contributed by atoms with Crippen molar-refractivity contribution in [2.24, 2.45) is 0 Å². The van der Waals surface area contributed by atoms with Crippen molar-refractivity contribution in [1.82, 2.24) is 10.2 Å². The van der Waals surface area contributed by atoms with E-state index in [-0.39, 0.29) is 11.9 Å². The Hall–Kier alpha value is -3.45. The van der Waals surface area contributed by atoms with Crippen molar-refractivity contribution in [3.8, 4) is 23.0 Å². The highest BCUT2D eigenvalue weighted by atomic mass is 32.1. The zero-order chi connectivity index (χ0) is 17.8. The lowest BCUT2D eigenvalue weighted by atomic mass is 10.2. The van der Waals surface area contributed by atoms with Gasteiger partial charge in [-0.1, -0.05) is 29.4 Å². The van der Waals surface area contributed by atoms with E-state index in [4.69, 9.17) is 9.15 Å². The molecule has 2 aromatic heterocycles. The third-order valence-corrected chi connectivity index (χ3v) is 4.17. The fourth-order valence-corrected chi connectivity index (χ4v) is 2.90. The van der Waals surface area contributed by atoms with E-state index in [1.807, 2.05) is 47.2 Å². The lowest BCUT2D eigenvalue weighted by Crippen LogP contribution is -2.12. The summed E-state index contributed by atoms with van der Waals surface area (Å²) < 4.78 is 11.2. The van der Waals surface area contributed by atoms with Crippen molar-refractivity contribution in [1.29, 1.82) is 0 Å². The van der Waals surface area contributed by atoms with Gasteiger partial charge in [0.05, 0.1) is 0 Å². The van der Waals surface area contributed by atoms with Gasteiger partial charge in [-0.25, -0.2) is 0 Å². The number of hydrogen-bond donors (Lipinski definition) is 1. The average Bonchev–Trinajstić information content (AvgIpc) is 3.34. The molecule has 2 aromatic carbocycles. The highest BCUT2D eigenvalue weighted by Gasteiger charge is 2.13. The number of hydrogen-bond acceptors (Lipinski definition) is 6. The monoisotopic (exact) mass is 363 g/mol. The first-order chi connectivity index (χ1) is 12.8. The molecule has 0 spiro atoms. The third-order valence-electron chi connectivity index (χ3n) is 3.49. The Morgan fingerprint density at radius 3 is 2.65 bits per heavy atom. The molecule has 0 unspecified atom stereocenters. The molecule has 0 fully saturated rings. The molecule has 2 heterocycles. The van der Waals surface area contributed by atoms with Gasteiger partial charge in [0.1, 0.15) is 11.5 Å². The van der Waals surface area contributed by atoms with Crippen LogP contribution < -0.4 is 10.1 Å². The Morgan fingerprint density at radius 2 is 1.85 bits per heavy atom. The van der Waals surface area contributed by atoms with Crippen LogP contribution in [0.1, 0.15) is 10.4 Å². The van der Waals surface area contributed by atoms with Gasteiger partial charge in [0.2, 0.25) is 0 Å². The normalized spacial score (nSPS) is 10.5. The van der Waals surface area contributed by atoms with Gasteiger partial charge in [0, 0.05) is 16.5 Å². The van der Waals surface area contributed by atoms with Crippen molar-refractivity contribution in [2.75, 3.05) is 5.32 Å². The van der Waals surface area contributed by atoms with Crippen LogP contribution in [0.4, 0.5) is 6.01 Å². The SMILES string of the molecule is O=C(Nc1nnc(-c2ccsc2)o1)c1cccc(Oc2ccccc2)c1. The summed E-state index contributed by atoms with van der Waals surface area (Å²) in [6.45, 7) is 0. The minimum absolute atomic E-state index is 0.0468. The summed E-state index contributed by atoms with van der Waals surface area (Å²) >= 11 is 1.53. The van der Waals surface area contributed by atoms with Crippen molar-refractivity contribution in [3.05, 3.63) is 77.0 Å². The first-order valence-corrected chi connectivity index (χ1v) is 8.72. The number of aromatic nitrogens is 2. The van der Waals surface area contributed by atoms with Crippen LogP contribution in [0.2, 0.25) is 0 Å². The van der Waals surface area contributed by atoms with Crippen LogP contribution in [0, 0.1) is 0 Å². The van der Waals surface area contributed by atoms with Gasteiger partial charge in [0.15, 0.2) is 0 Å². The van der Waals surface area contributed by atoms with Crippen LogP contribution in [-0.4, -0.2) is 16.1 Å². The number of carbonyl (C=O) groups excluding carboxylic acids is 1. The summed E-state index contributed by atoms with van der Waals surface area (Å²) in [5, 5.41) is 14.2. The second kappa shape index (κ2) is 7.20. The van der Waals surface area contributed by atoms with E-state index in [9.17, 15) is 4.79 Å². The third kappa shape index (κ3) is 3.62. The van der Waals surface area contributed by atoms with Gasteiger partial charge >= 0.3 is 6.01 Å². The summed E-state index contributed by atoms with van der Waals surface area (Å²) in [5.74, 6) is 1.27. The molecule has 0 radical (unpaired) electrons. The highest BCUT2D eigenvalue weighted by molar-refractivity contribution is 7.08. The number of nitrogens with zero attached hydrogens (tertiary/aromatic N) is 2. The molecule has 0 aliphatic rings. The van der Waals surface area contributed by atoms with Crippen LogP contribution in [0.3, 0.4) is 0 Å². The lowest BCUT2D eigenvalue weighted by molar-refractivity contribution is 0.102. The van der Waals surface area contributed by atoms with Gasteiger partial charge in [-0.2, -0.15) is 11.3 Å². The number of nitrogens with one attached hydrogen (secondary N) is 1. The van der Waals surface area contributed by atoms with Crippen molar-refractivity contribution < 1.29 is 13.9 Å². The van der Waals surface area contributed by atoms with Crippen molar-refractivity contribution >= 4 is 23.3 Å². The molecule has 6 nitrogen and oxygen atoms in total. The van der Waals surface area contributed by atoms with E-state index in [0.29, 0.717) is 23.0 Å². The largest absolute Gasteiger partial charge is 0.457 e. The molecule has 1 amide bonds. The minimum Gasteiger partial charge on any atom is -0.457 e. The Morgan fingerprint density at radius 1 is 1.00 bits per heavy atom. The summed E-state index contributed by atoms with van der Waals surface area (Å²) in [7, 11) is 0. The predicted molar refractivity (Wildman–Crippen MR) is 98.5 cm³/mol. The molecule has 0 saturated heterocycles. The first-order valence-electron chi connectivity index (χ1n) is 7.78. The van der Waals surface area contributed by atoms with E-state index in [0.717, 1.165) is 5.56 Å². The van der Waals surface area contributed by atoms with Crippen molar-refractivity contribution in [2.45, 2.75) is 0 Å². The summed E-state index contributed by atoms with van der Waals surface area (Å²) in [5.41, 5.74) is 1.25. The maximum Gasteiger partial charge on any atom is 0.322 e. The van der Waals surface area contributed by atoms with Crippen LogP contribution >= 0.6 is 11.3 Å². The van der Waals surface area contributed by atoms with E-state index in [1.165, 1.54) is 11.3 Å². The number of benzene rings is 2. The first kappa shape index (κ1) is 16.0.